The van der Waals surface area contributed by atoms with Gasteiger partial charge in [-0.05, 0) is 54.3 Å². The predicted octanol–water partition coefficient (Wildman–Crippen LogP) is 6.10. The second-order valence-corrected chi connectivity index (χ2v) is 10.9. The average Bonchev–Trinajstić information content (AvgIpc) is 2.92. The smallest absolute Gasteiger partial charge is 0.378 e. The van der Waals surface area contributed by atoms with Crippen LogP contribution in [0, 0.1) is 0 Å². The fraction of sp³-hybridized carbons (Fsp3) is 0.552. The summed E-state index contributed by atoms with van der Waals surface area (Å²) in [6.07, 6.45) is -3.85. The second kappa shape index (κ2) is 12.4. The Hall–Kier alpha value is -2.79. The largest absolute Gasteiger partial charge is 0.416 e. The van der Waals surface area contributed by atoms with Crippen LogP contribution in [0.25, 0.3) is 0 Å². The molecule has 1 saturated carbocycles. The molecule has 1 aliphatic heterocycles. The number of hydrogen-bond donors (Lipinski definition) is 1. The molecule has 4 rings (SSSR count). The molecule has 2 aromatic rings. The van der Waals surface area contributed by atoms with Crippen molar-refractivity contribution in [3.05, 3.63) is 64.7 Å². The van der Waals surface area contributed by atoms with Crippen molar-refractivity contribution in [3.8, 4) is 0 Å². The number of amides is 1. The zero-order chi connectivity index (χ0) is 29.1. The Morgan fingerprint density at radius 1 is 0.875 bits per heavy atom. The van der Waals surface area contributed by atoms with Gasteiger partial charge in [0.1, 0.15) is 6.04 Å². The molecule has 1 heterocycles. The molecule has 0 bridgehead atoms. The van der Waals surface area contributed by atoms with Crippen LogP contribution in [0.3, 0.4) is 0 Å². The monoisotopic (exact) mass is 570 g/mol. The number of halogens is 6. The minimum Gasteiger partial charge on any atom is -0.378 e. The van der Waals surface area contributed by atoms with E-state index in [1.165, 1.54) is 32.1 Å². The number of piperazine rings is 1. The molecule has 0 spiro atoms. The summed E-state index contributed by atoms with van der Waals surface area (Å²) in [6.45, 7) is 2.40. The Morgan fingerprint density at radius 2 is 1.43 bits per heavy atom. The molecule has 2 aliphatic rings. The maximum atomic E-state index is 13.6. The van der Waals surface area contributed by atoms with E-state index in [9.17, 15) is 31.1 Å². The van der Waals surface area contributed by atoms with Crippen LogP contribution >= 0.6 is 0 Å². The molecule has 1 unspecified atom stereocenters. The molecule has 1 amide bonds. The Bertz CT molecular complexity index is 1100. The van der Waals surface area contributed by atoms with Crippen molar-refractivity contribution < 1.29 is 31.1 Å². The summed E-state index contributed by atoms with van der Waals surface area (Å²) in [7, 11) is 3.79. The quantitative estimate of drug-likeness (QED) is 0.409. The maximum Gasteiger partial charge on any atom is 0.416 e. The van der Waals surface area contributed by atoms with E-state index >= 15 is 0 Å². The van der Waals surface area contributed by atoms with Gasteiger partial charge in [0.05, 0.1) is 11.1 Å². The van der Waals surface area contributed by atoms with E-state index in [0.717, 1.165) is 18.8 Å². The van der Waals surface area contributed by atoms with Gasteiger partial charge in [0.15, 0.2) is 0 Å². The van der Waals surface area contributed by atoms with E-state index in [1.807, 2.05) is 48.2 Å². The summed E-state index contributed by atoms with van der Waals surface area (Å²) in [5.41, 5.74) is -1.41. The lowest BCUT2D eigenvalue weighted by Crippen LogP contribution is -2.53. The van der Waals surface area contributed by atoms with Crippen molar-refractivity contribution in [2.75, 3.05) is 45.2 Å². The van der Waals surface area contributed by atoms with E-state index in [2.05, 4.69) is 10.2 Å². The van der Waals surface area contributed by atoms with E-state index < -0.39 is 42.0 Å². The lowest BCUT2D eigenvalue weighted by Gasteiger charge is -2.43. The molecule has 5 nitrogen and oxygen atoms in total. The Kier molecular flexibility index (Phi) is 9.34. The average molecular weight is 571 g/mol. The third-order valence-electron chi connectivity index (χ3n) is 7.89. The Labute approximate surface area is 231 Å². The maximum absolute atomic E-state index is 13.6. The number of alkyl halides is 6. The highest BCUT2D eigenvalue weighted by Gasteiger charge is 2.37. The van der Waals surface area contributed by atoms with Crippen LogP contribution in [0.5, 0.6) is 0 Å². The molecule has 2 fully saturated rings. The summed E-state index contributed by atoms with van der Waals surface area (Å²) in [6, 6.07) is 8.68. The van der Waals surface area contributed by atoms with Crippen molar-refractivity contribution in [1.29, 1.82) is 0 Å². The van der Waals surface area contributed by atoms with E-state index in [0.29, 0.717) is 36.8 Å². The molecule has 1 aliphatic carbocycles. The number of nitrogens with zero attached hydrogens (tertiary/aromatic N) is 3. The van der Waals surface area contributed by atoms with Crippen LogP contribution in [0.2, 0.25) is 0 Å². The van der Waals surface area contributed by atoms with Gasteiger partial charge in [-0.15, -0.1) is 0 Å². The van der Waals surface area contributed by atoms with Crippen LogP contribution in [0.4, 0.5) is 32.0 Å². The van der Waals surface area contributed by atoms with E-state index in [-0.39, 0.29) is 11.6 Å². The number of anilines is 1. The molecule has 2 aromatic carbocycles. The lowest BCUT2D eigenvalue weighted by atomic mass is 9.93. The van der Waals surface area contributed by atoms with Crippen molar-refractivity contribution in [3.63, 3.8) is 0 Å². The molecule has 1 saturated heterocycles. The number of nitrogens with one attached hydrogen (secondary N) is 1. The summed E-state index contributed by atoms with van der Waals surface area (Å²) in [4.78, 5) is 20.0. The van der Waals surface area contributed by atoms with Gasteiger partial charge in [-0.2, -0.15) is 26.3 Å². The fourth-order valence-corrected chi connectivity index (χ4v) is 5.70. The molecule has 220 valence electrons. The van der Waals surface area contributed by atoms with Gasteiger partial charge in [-0.1, -0.05) is 31.4 Å². The molecule has 1 N–H and O–H groups in total. The molecule has 0 radical (unpaired) electrons. The van der Waals surface area contributed by atoms with Crippen molar-refractivity contribution in [2.24, 2.45) is 0 Å². The van der Waals surface area contributed by atoms with Crippen LogP contribution in [0.1, 0.15) is 60.4 Å². The zero-order valence-electron chi connectivity index (χ0n) is 22.8. The Balaban J connectivity index is 1.53. The van der Waals surface area contributed by atoms with Crippen LogP contribution in [0.15, 0.2) is 42.5 Å². The van der Waals surface area contributed by atoms with Crippen molar-refractivity contribution in [2.45, 2.75) is 63.1 Å². The molecular weight excluding hydrogens is 534 g/mol. The zero-order valence-corrected chi connectivity index (χ0v) is 22.8. The summed E-state index contributed by atoms with van der Waals surface area (Å²) >= 11 is 0. The van der Waals surface area contributed by atoms with Gasteiger partial charge in [-0.3, -0.25) is 14.6 Å². The minimum atomic E-state index is -4.95. The topological polar surface area (TPSA) is 38.8 Å². The SMILES string of the molecule is CN(C)c1ccc(C(C(=O)NCc2cc(C(F)(F)F)cc(C(F)(F)F)c2)N2CCN(C3CCCCC3)CC2)cc1. The van der Waals surface area contributed by atoms with Gasteiger partial charge < -0.3 is 10.2 Å². The summed E-state index contributed by atoms with van der Waals surface area (Å²) < 4.78 is 79.9. The Morgan fingerprint density at radius 3 is 1.93 bits per heavy atom. The fourth-order valence-electron chi connectivity index (χ4n) is 5.70. The lowest BCUT2D eigenvalue weighted by molar-refractivity contribution is -0.143. The van der Waals surface area contributed by atoms with Crippen LogP contribution in [-0.4, -0.2) is 62.0 Å². The van der Waals surface area contributed by atoms with Crippen molar-refractivity contribution >= 4 is 11.6 Å². The number of carbonyl (C=O) groups is 1. The van der Waals surface area contributed by atoms with E-state index in [4.69, 9.17) is 0 Å². The first-order valence-electron chi connectivity index (χ1n) is 13.6. The number of benzene rings is 2. The first-order chi connectivity index (χ1) is 18.8. The summed E-state index contributed by atoms with van der Waals surface area (Å²) in [5, 5.41) is 2.62. The molecule has 0 aromatic heterocycles. The van der Waals surface area contributed by atoms with Crippen LogP contribution in [-0.2, 0) is 23.7 Å². The standard InChI is InChI=1S/C29H36F6N4O/c1-37(2)24-10-8-21(9-11-24)26(39-14-12-38(13-15-39)25-6-4-3-5-7-25)27(40)36-19-20-16-22(28(30,31)32)18-23(17-20)29(33,34)35/h8-11,16-18,25-26H,3-7,12-15,19H2,1-2H3,(H,36,40). The van der Waals surface area contributed by atoms with E-state index in [1.54, 1.807) is 0 Å². The summed E-state index contributed by atoms with van der Waals surface area (Å²) in [5.74, 6) is -0.463. The second-order valence-electron chi connectivity index (χ2n) is 10.9. The predicted molar refractivity (Wildman–Crippen MR) is 142 cm³/mol. The third-order valence-corrected chi connectivity index (χ3v) is 7.89. The molecule has 11 heteroatoms. The number of carbonyl (C=O) groups excluding carboxylic acids is 1. The van der Waals surface area contributed by atoms with Crippen molar-refractivity contribution in [1.82, 2.24) is 15.1 Å². The molecule has 40 heavy (non-hydrogen) atoms. The van der Waals surface area contributed by atoms with Gasteiger partial charge in [-0.25, -0.2) is 0 Å². The first kappa shape index (κ1) is 30.2. The highest BCUT2D eigenvalue weighted by atomic mass is 19.4. The van der Waals surface area contributed by atoms with Crippen LogP contribution < -0.4 is 10.2 Å². The first-order valence-corrected chi connectivity index (χ1v) is 13.6. The van der Waals surface area contributed by atoms with Gasteiger partial charge >= 0.3 is 12.4 Å². The molecular formula is C29H36F6N4O. The van der Waals surface area contributed by atoms with Gasteiger partial charge in [0.25, 0.3) is 0 Å². The van der Waals surface area contributed by atoms with Gasteiger partial charge in [0, 0.05) is 58.5 Å². The number of rotatable bonds is 7. The minimum absolute atomic E-state index is 0.0895. The van der Waals surface area contributed by atoms with Gasteiger partial charge in [0.2, 0.25) is 5.91 Å². The third kappa shape index (κ3) is 7.48. The normalized spacial score (nSPS) is 18.9. The molecule has 1 atom stereocenters. The highest BCUT2D eigenvalue weighted by molar-refractivity contribution is 5.83. The number of hydrogen-bond acceptors (Lipinski definition) is 4. The highest BCUT2D eigenvalue weighted by Crippen LogP contribution is 2.36.